The van der Waals surface area contributed by atoms with Gasteiger partial charge in [-0.25, -0.2) is 0 Å². The van der Waals surface area contributed by atoms with Crippen LogP contribution >= 0.6 is 0 Å². The van der Waals surface area contributed by atoms with Crippen molar-refractivity contribution < 1.29 is 0 Å². The van der Waals surface area contributed by atoms with E-state index >= 15 is 0 Å². The highest BCUT2D eigenvalue weighted by Gasteiger charge is 2.52. The van der Waals surface area contributed by atoms with E-state index in [2.05, 4.69) is 20.9 Å². The lowest BCUT2D eigenvalue weighted by molar-refractivity contribution is 0.155. The topological polar surface area (TPSA) is 19.4 Å². The average Bonchev–Trinajstić information content (AvgIpc) is 3.06. The lowest BCUT2D eigenvalue weighted by Crippen LogP contribution is -2.46. The molecule has 3 fully saturated rings. The third-order valence-corrected chi connectivity index (χ3v) is 4.97. The van der Waals surface area contributed by atoms with Gasteiger partial charge in [-0.3, -0.25) is 9.88 Å². The Morgan fingerprint density at radius 2 is 2.35 bits per heavy atom. The molecule has 3 heteroatoms. The van der Waals surface area contributed by atoms with Crippen molar-refractivity contribution in [1.29, 1.82) is 0 Å². The minimum absolute atomic E-state index is 0.513. The molecule has 0 radical (unpaired) electrons. The maximum atomic E-state index is 4.24. The van der Waals surface area contributed by atoms with Crippen LogP contribution in [0.25, 0.3) is 0 Å². The van der Waals surface area contributed by atoms with E-state index < -0.39 is 0 Å². The fourth-order valence-corrected chi connectivity index (χ4v) is 4.14. The van der Waals surface area contributed by atoms with Gasteiger partial charge in [0.25, 0.3) is 0 Å². The second-order valence-electron chi connectivity index (χ2n) is 5.91. The Morgan fingerprint density at radius 1 is 1.35 bits per heavy atom. The number of nitrogens with zero attached hydrogens (tertiary/aromatic N) is 3. The van der Waals surface area contributed by atoms with Crippen molar-refractivity contribution in [1.82, 2.24) is 9.88 Å². The number of anilines is 1. The van der Waals surface area contributed by atoms with Crippen LogP contribution in [0.3, 0.4) is 0 Å². The summed E-state index contributed by atoms with van der Waals surface area (Å²) in [6.45, 7) is 5.12. The van der Waals surface area contributed by atoms with E-state index in [0.29, 0.717) is 5.54 Å². The van der Waals surface area contributed by atoms with Gasteiger partial charge in [0, 0.05) is 31.4 Å². The van der Waals surface area contributed by atoms with Crippen molar-refractivity contribution in [3.05, 3.63) is 24.5 Å². The second-order valence-corrected chi connectivity index (χ2v) is 5.91. The summed E-state index contributed by atoms with van der Waals surface area (Å²) < 4.78 is 0. The highest BCUT2D eigenvalue weighted by Crippen LogP contribution is 2.46. The molecule has 90 valence electrons. The molecule has 4 heterocycles. The van der Waals surface area contributed by atoms with Crippen molar-refractivity contribution in [3.63, 3.8) is 0 Å². The molecule has 0 aromatic carbocycles. The number of pyridine rings is 1. The maximum absolute atomic E-state index is 4.24. The van der Waals surface area contributed by atoms with Gasteiger partial charge in [-0.2, -0.15) is 0 Å². The second kappa shape index (κ2) is 3.45. The first-order chi connectivity index (χ1) is 8.36. The smallest absolute Gasteiger partial charge is 0.0553 e. The largest absolute Gasteiger partial charge is 0.368 e. The summed E-state index contributed by atoms with van der Waals surface area (Å²) in [4.78, 5) is 9.52. The quantitative estimate of drug-likeness (QED) is 0.731. The number of piperidine rings is 1. The first-order valence-corrected chi connectivity index (χ1v) is 6.76. The van der Waals surface area contributed by atoms with Crippen LogP contribution in [0.4, 0.5) is 5.69 Å². The molecule has 3 aliphatic rings. The molecule has 2 bridgehead atoms. The van der Waals surface area contributed by atoms with Crippen LogP contribution in [0.2, 0.25) is 0 Å². The lowest BCUT2D eigenvalue weighted by atomic mass is 9.87. The van der Waals surface area contributed by atoms with Gasteiger partial charge in [0.1, 0.15) is 0 Å². The highest BCUT2D eigenvalue weighted by molar-refractivity contribution is 5.46. The number of aromatic nitrogens is 1. The first-order valence-electron chi connectivity index (χ1n) is 6.76. The van der Waals surface area contributed by atoms with E-state index in [1.807, 2.05) is 18.5 Å². The molecule has 0 amide bonds. The highest BCUT2D eigenvalue weighted by atomic mass is 15.3. The maximum Gasteiger partial charge on any atom is 0.0553 e. The molecule has 1 unspecified atom stereocenters. The molecular weight excluding hydrogens is 210 g/mol. The predicted molar refractivity (Wildman–Crippen MR) is 68.1 cm³/mol. The Kier molecular flexibility index (Phi) is 2.01. The van der Waals surface area contributed by atoms with Crippen LogP contribution in [-0.2, 0) is 0 Å². The van der Waals surface area contributed by atoms with Gasteiger partial charge in [0.2, 0.25) is 0 Å². The van der Waals surface area contributed by atoms with E-state index in [9.17, 15) is 0 Å². The van der Waals surface area contributed by atoms with E-state index in [0.717, 1.165) is 5.92 Å². The monoisotopic (exact) mass is 229 g/mol. The summed E-state index contributed by atoms with van der Waals surface area (Å²) in [5.74, 6) is 0.990. The number of rotatable bonds is 1. The normalized spacial score (nSPS) is 39.4. The Bertz CT molecular complexity index is 419. The van der Waals surface area contributed by atoms with Gasteiger partial charge in [0.15, 0.2) is 0 Å². The summed E-state index contributed by atoms with van der Waals surface area (Å²) in [5, 5.41) is 0. The molecule has 1 spiro atoms. The van der Waals surface area contributed by atoms with Crippen LogP contribution in [0.15, 0.2) is 24.5 Å². The van der Waals surface area contributed by atoms with Crippen molar-refractivity contribution in [2.75, 3.05) is 31.1 Å². The van der Waals surface area contributed by atoms with E-state index in [-0.39, 0.29) is 0 Å². The standard InChI is InChI=1S/C14H19N3/c1-2-13(9-15-5-1)16-7-4-14(11-16)8-12-3-6-17(14)10-12/h1-2,5,9,12H,3-4,6-8,10-11H2/t12-,14+/m1/s1. The molecule has 3 atom stereocenters. The number of hydrogen-bond acceptors (Lipinski definition) is 3. The minimum Gasteiger partial charge on any atom is -0.368 e. The van der Waals surface area contributed by atoms with Crippen molar-refractivity contribution in [3.8, 4) is 0 Å². The fraction of sp³-hybridized carbons (Fsp3) is 0.643. The Morgan fingerprint density at radius 3 is 3.06 bits per heavy atom. The zero-order valence-corrected chi connectivity index (χ0v) is 10.2. The van der Waals surface area contributed by atoms with Crippen molar-refractivity contribution >= 4 is 5.69 Å². The fourth-order valence-electron chi connectivity index (χ4n) is 4.14. The van der Waals surface area contributed by atoms with Gasteiger partial charge in [-0.1, -0.05) is 0 Å². The summed E-state index contributed by atoms with van der Waals surface area (Å²) in [5.41, 5.74) is 1.81. The molecule has 0 N–H and O–H groups in total. The summed E-state index contributed by atoms with van der Waals surface area (Å²) in [6.07, 6.45) is 8.08. The van der Waals surface area contributed by atoms with Gasteiger partial charge in [-0.15, -0.1) is 0 Å². The number of fused-ring (bicyclic) bond motifs is 3. The summed E-state index contributed by atoms with van der Waals surface area (Å²) in [7, 11) is 0. The van der Waals surface area contributed by atoms with Gasteiger partial charge < -0.3 is 4.90 Å². The zero-order chi connectivity index (χ0) is 11.3. The molecular formula is C14H19N3. The predicted octanol–water partition coefficient (Wildman–Crippen LogP) is 1.76. The van der Waals surface area contributed by atoms with Gasteiger partial charge in [0.05, 0.1) is 11.9 Å². The van der Waals surface area contributed by atoms with Crippen LogP contribution in [-0.4, -0.2) is 41.6 Å². The molecule has 3 aliphatic heterocycles. The van der Waals surface area contributed by atoms with E-state index in [4.69, 9.17) is 0 Å². The Balaban J connectivity index is 1.57. The summed E-state index contributed by atoms with van der Waals surface area (Å²) in [6, 6.07) is 4.23. The van der Waals surface area contributed by atoms with Crippen LogP contribution in [0.5, 0.6) is 0 Å². The average molecular weight is 229 g/mol. The van der Waals surface area contributed by atoms with Crippen LogP contribution in [0, 0.1) is 5.92 Å². The lowest BCUT2D eigenvalue weighted by Gasteiger charge is -2.36. The van der Waals surface area contributed by atoms with Gasteiger partial charge in [-0.05, 0) is 43.9 Å². The third kappa shape index (κ3) is 1.41. The van der Waals surface area contributed by atoms with Crippen molar-refractivity contribution in [2.24, 2.45) is 5.92 Å². The summed E-state index contributed by atoms with van der Waals surface area (Å²) >= 11 is 0. The molecule has 0 aliphatic carbocycles. The Labute approximate surface area is 102 Å². The Hall–Kier alpha value is -1.09. The molecule has 1 aromatic rings. The molecule has 1 aromatic heterocycles. The van der Waals surface area contributed by atoms with Crippen molar-refractivity contribution in [2.45, 2.75) is 24.8 Å². The van der Waals surface area contributed by atoms with Crippen LogP contribution in [0.1, 0.15) is 19.3 Å². The molecule has 3 nitrogen and oxygen atoms in total. The van der Waals surface area contributed by atoms with Gasteiger partial charge >= 0.3 is 0 Å². The number of hydrogen-bond donors (Lipinski definition) is 0. The first kappa shape index (κ1) is 9.89. The molecule has 17 heavy (non-hydrogen) atoms. The zero-order valence-electron chi connectivity index (χ0n) is 10.2. The minimum atomic E-state index is 0.513. The van der Waals surface area contributed by atoms with E-state index in [1.54, 1.807) is 0 Å². The molecule has 0 saturated carbocycles. The SMILES string of the molecule is c1cncc(N2CC[C@]3(C[C@H]4CCN3C4)C2)c1. The van der Waals surface area contributed by atoms with E-state index in [1.165, 1.54) is 51.1 Å². The molecule has 4 rings (SSSR count). The van der Waals surface area contributed by atoms with Crippen LogP contribution < -0.4 is 4.90 Å². The molecule has 3 saturated heterocycles. The third-order valence-electron chi connectivity index (χ3n) is 4.97.